The van der Waals surface area contributed by atoms with Crippen molar-refractivity contribution in [1.82, 2.24) is 5.32 Å². The largest absolute Gasteiger partial charge is 0.460 e. The van der Waals surface area contributed by atoms with Gasteiger partial charge in [-0.1, -0.05) is 11.6 Å². The molecule has 0 saturated heterocycles. The van der Waals surface area contributed by atoms with E-state index in [0.717, 1.165) is 4.88 Å². The number of ether oxygens (including phenoxy) is 1. The Morgan fingerprint density at radius 2 is 2.00 bits per heavy atom. The minimum absolute atomic E-state index is 0.0843. The fraction of sp³-hybridized carbons (Fsp3) is 0.571. The second-order valence-electron chi connectivity index (χ2n) is 5.52. The standard InChI is InChI=1S/C14H20ClNO3S/c1-9(10-5-6-11(15)20-10)16-12(17)7-8-13(18)19-14(2,3)4/h5-6,9H,7-8H2,1-4H3,(H,16,17). The molecule has 0 saturated carbocycles. The van der Waals surface area contributed by atoms with Crippen molar-refractivity contribution in [2.24, 2.45) is 0 Å². The molecular weight excluding hydrogens is 298 g/mol. The van der Waals surface area contributed by atoms with Gasteiger partial charge in [-0.25, -0.2) is 0 Å². The summed E-state index contributed by atoms with van der Waals surface area (Å²) >= 11 is 7.28. The van der Waals surface area contributed by atoms with Crippen molar-refractivity contribution >= 4 is 34.8 Å². The van der Waals surface area contributed by atoms with Gasteiger partial charge in [0.1, 0.15) is 5.60 Å². The molecule has 1 aromatic rings. The highest BCUT2D eigenvalue weighted by molar-refractivity contribution is 7.16. The lowest BCUT2D eigenvalue weighted by molar-refractivity contribution is -0.155. The molecular formula is C14H20ClNO3S. The summed E-state index contributed by atoms with van der Waals surface area (Å²) < 4.78 is 5.84. The molecule has 0 bridgehead atoms. The van der Waals surface area contributed by atoms with Crippen molar-refractivity contribution in [2.45, 2.75) is 52.2 Å². The van der Waals surface area contributed by atoms with E-state index in [-0.39, 0.29) is 30.8 Å². The normalized spacial score (nSPS) is 12.8. The Labute approximate surface area is 128 Å². The SMILES string of the molecule is CC(NC(=O)CCC(=O)OC(C)(C)C)c1ccc(Cl)s1. The van der Waals surface area contributed by atoms with Crippen LogP contribution in [-0.4, -0.2) is 17.5 Å². The molecule has 1 heterocycles. The van der Waals surface area contributed by atoms with E-state index in [4.69, 9.17) is 16.3 Å². The zero-order valence-electron chi connectivity index (χ0n) is 12.2. The van der Waals surface area contributed by atoms with Crippen LogP contribution in [0.25, 0.3) is 0 Å². The third-order valence-corrected chi connectivity index (χ3v) is 3.79. The Kier molecular flexibility index (Phi) is 6.02. The van der Waals surface area contributed by atoms with Gasteiger partial charge < -0.3 is 10.1 Å². The van der Waals surface area contributed by atoms with E-state index >= 15 is 0 Å². The van der Waals surface area contributed by atoms with Gasteiger partial charge in [0.2, 0.25) is 5.91 Å². The van der Waals surface area contributed by atoms with Crippen LogP contribution in [0.4, 0.5) is 0 Å². The van der Waals surface area contributed by atoms with Crippen molar-refractivity contribution in [3.05, 3.63) is 21.3 Å². The summed E-state index contributed by atoms with van der Waals surface area (Å²) in [7, 11) is 0. The van der Waals surface area contributed by atoms with Crippen LogP contribution in [0.2, 0.25) is 4.34 Å². The highest BCUT2D eigenvalue weighted by Gasteiger charge is 2.18. The second-order valence-corrected chi connectivity index (χ2v) is 7.26. The van der Waals surface area contributed by atoms with Gasteiger partial charge in [0.05, 0.1) is 16.8 Å². The van der Waals surface area contributed by atoms with Crippen LogP contribution in [0.5, 0.6) is 0 Å². The van der Waals surface area contributed by atoms with Crippen molar-refractivity contribution in [2.75, 3.05) is 0 Å². The Bertz CT molecular complexity index is 479. The van der Waals surface area contributed by atoms with Gasteiger partial charge in [-0.3, -0.25) is 9.59 Å². The molecule has 1 atom stereocenters. The molecule has 0 aliphatic rings. The number of carbonyl (C=O) groups excluding carboxylic acids is 2. The monoisotopic (exact) mass is 317 g/mol. The average molecular weight is 318 g/mol. The lowest BCUT2D eigenvalue weighted by atomic mass is 10.2. The number of hydrogen-bond acceptors (Lipinski definition) is 4. The molecule has 112 valence electrons. The van der Waals surface area contributed by atoms with Crippen molar-refractivity contribution in [3.63, 3.8) is 0 Å². The maximum Gasteiger partial charge on any atom is 0.306 e. The first-order valence-electron chi connectivity index (χ1n) is 6.44. The van der Waals surface area contributed by atoms with E-state index in [0.29, 0.717) is 4.34 Å². The van der Waals surface area contributed by atoms with Gasteiger partial charge >= 0.3 is 5.97 Å². The molecule has 0 aromatic carbocycles. The van der Waals surface area contributed by atoms with Gasteiger partial charge in [-0.2, -0.15) is 0 Å². The molecule has 0 spiro atoms. The quantitative estimate of drug-likeness (QED) is 0.842. The van der Waals surface area contributed by atoms with Gasteiger partial charge in [-0.15, -0.1) is 11.3 Å². The maximum absolute atomic E-state index is 11.8. The van der Waals surface area contributed by atoms with Crippen LogP contribution in [0.3, 0.4) is 0 Å². The molecule has 0 fully saturated rings. The molecule has 0 aliphatic carbocycles. The summed E-state index contributed by atoms with van der Waals surface area (Å²) in [5, 5.41) is 2.83. The number of nitrogens with one attached hydrogen (secondary N) is 1. The number of carbonyl (C=O) groups is 2. The van der Waals surface area contributed by atoms with E-state index in [1.165, 1.54) is 11.3 Å². The molecule has 6 heteroatoms. The average Bonchev–Trinajstić information content (AvgIpc) is 2.71. The highest BCUT2D eigenvalue weighted by Crippen LogP contribution is 2.26. The van der Waals surface area contributed by atoms with E-state index in [1.807, 2.05) is 13.0 Å². The zero-order valence-corrected chi connectivity index (χ0v) is 13.7. The zero-order chi connectivity index (χ0) is 15.3. The summed E-state index contributed by atoms with van der Waals surface area (Å²) in [4.78, 5) is 24.2. The fourth-order valence-electron chi connectivity index (χ4n) is 1.55. The Balaban J connectivity index is 2.35. The van der Waals surface area contributed by atoms with Gasteiger partial charge in [-0.05, 0) is 39.8 Å². The summed E-state index contributed by atoms with van der Waals surface area (Å²) in [5.41, 5.74) is -0.519. The first-order valence-corrected chi connectivity index (χ1v) is 7.63. The molecule has 1 unspecified atom stereocenters. The lowest BCUT2D eigenvalue weighted by Crippen LogP contribution is -2.28. The van der Waals surface area contributed by atoms with E-state index in [2.05, 4.69) is 5.32 Å². The number of rotatable bonds is 5. The third kappa shape index (κ3) is 6.39. The summed E-state index contributed by atoms with van der Waals surface area (Å²) in [6.07, 6.45) is 0.208. The molecule has 1 amide bonds. The minimum atomic E-state index is -0.519. The minimum Gasteiger partial charge on any atom is -0.460 e. The summed E-state index contributed by atoms with van der Waals surface area (Å²) in [6, 6.07) is 3.56. The molecule has 1 N–H and O–H groups in total. The molecule has 0 aliphatic heterocycles. The molecule has 1 aromatic heterocycles. The van der Waals surface area contributed by atoms with Crippen molar-refractivity contribution in [1.29, 1.82) is 0 Å². The van der Waals surface area contributed by atoms with Crippen LogP contribution in [0.15, 0.2) is 12.1 Å². The number of thiophene rings is 1. The maximum atomic E-state index is 11.8. The van der Waals surface area contributed by atoms with Crippen LogP contribution >= 0.6 is 22.9 Å². The number of amides is 1. The summed E-state index contributed by atoms with van der Waals surface area (Å²) in [5.74, 6) is -0.535. The number of esters is 1. The van der Waals surface area contributed by atoms with Crippen LogP contribution in [-0.2, 0) is 14.3 Å². The van der Waals surface area contributed by atoms with Crippen molar-refractivity contribution in [3.8, 4) is 0 Å². The highest BCUT2D eigenvalue weighted by atomic mass is 35.5. The molecule has 1 rings (SSSR count). The van der Waals surface area contributed by atoms with Gasteiger partial charge in [0.25, 0.3) is 0 Å². The molecule has 4 nitrogen and oxygen atoms in total. The number of halogens is 1. The topological polar surface area (TPSA) is 55.4 Å². The van der Waals surface area contributed by atoms with E-state index in [1.54, 1.807) is 26.8 Å². The predicted molar refractivity (Wildman–Crippen MR) is 81.0 cm³/mol. The lowest BCUT2D eigenvalue weighted by Gasteiger charge is -2.19. The fourth-order valence-corrected chi connectivity index (χ4v) is 2.62. The third-order valence-electron chi connectivity index (χ3n) is 2.37. The van der Waals surface area contributed by atoms with Gasteiger partial charge in [0, 0.05) is 11.3 Å². The predicted octanol–water partition coefficient (Wildman–Crippen LogP) is 3.70. The Hall–Kier alpha value is -1.07. The Morgan fingerprint density at radius 1 is 1.35 bits per heavy atom. The van der Waals surface area contributed by atoms with Crippen molar-refractivity contribution < 1.29 is 14.3 Å². The first kappa shape index (κ1) is 17.0. The number of hydrogen-bond donors (Lipinski definition) is 1. The van der Waals surface area contributed by atoms with E-state index < -0.39 is 5.60 Å². The Morgan fingerprint density at radius 3 is 2.50 bits per heavy atom. The molecule has 0 radical (unpaired) electrons. The van der Waals surface area contributed by atoms with E-state index in [9.17, 15) is 9.59 Å². The second kappa shape index (κ2) is 7.09. The first-order chi connectivity index (χ1) is 9.17. The van der Waals surface area contributed by atoms with Crippen LogP contribution in [0.1, 0.15) is 51.5 Å². The smallest absolute Gasteiger partial charge is 0.306 e. The van der Waals surface area contributed by atoms with Crippen LogP contribution in [0, 0.1) is 0 Å². The van der Waals surface area contributed by atoms with Gasteiger partial charge in [0.15, 0.2) is 0 Å². The molecule has 20 heavy (non-hydrogen) atoms. The van der Waals surface area contributed by atoms with Crippen LogP contribution < -0.4 is 5.32 Å². The summed E-state index contributed by atoms with van der Waals surface area (Å²) in [6.45, 7) is 7.28.